The van der Waals surface area contributed by atoms with E-state index in [-0.39, 0.29) is 18.5 Å². The van der Waals surface area contributed by atoms with Gasteiger partial charge in [-0.05, 0) is 39.2 Å². The lowest BCUT2D eigenvalue weighted by Crippen LogP contribution is -2.48. The van der Waals surface area contributed by atoms with Crippen molar-refractivity contribution in [3.05, 3.63) is 41.7 Å². The van der Waals surface area contributed by atoms with Crippen LogP contribution in [0.25, 0.3) is 0 Å². The van der Waals surface area contributed by atoms with Crippen LogP contribution in [-0.4, -0.2) is 49.2 Å². The number of benzene rings is 1. The third-order valence-corrected chi connectivity index (χ3v) is 4.29. The lowest BCUT2D eigenvalue weighted by atomic mass is 10.1. The van der Waals surface area contributed by atoms with E-state index in [1.54, 1.807) is 4.90 Å². The van der Waals surface area contributed by atoms with Crippen LogP contribution >= 0.6 is 0 Å². The summed E-state index contributed by atoms with van der Waals surface area (Å²) in [5.41, 5.74) is 0.337. The highest BCUT2D eigenvalue weighted by Crippen LogP contribution is 2.37. The molecule has 2 aromatic rings. The van der Waals surface area contributed by atoms with Gasteiger partial charge in [-0.15, -0.1) is 10.2 Å². The summed E-state index contributed by atoms with van der Waals surface area (Å²) in [4.78, 5) is 27.2. The average molecular weight is 372 g/mol. The molecule has 144 valence electrons. The molecule has 3 rings (SSSR count). The van der Waals surface area contributed by atoms with Gasteiger partial charge in [0.25, 0.3) is 0 Å². The number of hydrogen-bond acceptors (Lipinski definition) is 6. The van der Waals surface area contributed by atoms with Gasteiger partial charge in [-0.3, -0.25) is 9.69 Å². The Hall–Kier alpha value is -2.97. The molecule has 9 nitrogen and oxygen atoms in total. The molecule has 1 aliphatic rings. The first-order valence-electron chi connectivity index (χ1n) is 8.91. The molecule has 0 bridgehead atoms. The minimum atomic E-state index is -0.646. The number of ether oxygens (including phenoxy) is 1. The minimum Gasteiger partial charge on any atom is -0.444 e. The smallest absolute Gasteiger partial charge is 0.411 e. The zero-order valence-corrected chi connectivity index (χ0v) is 15.7. The quantitative estimate of drug-likeness (QED) is 0.848. The van der Waals surface area contributed by atoms with Crippen LogP contribution in [0.15, 0.2) is 30.3 Å². The van der Waals surface area contributed by atoms with Crippen LogP contribution in [0, 0.1) is 0 Å². The van der Waals surface area contributed by atoms with E-state index in [4.69, 9.17) is 4.74 Å². The molecule has 1 fully saturated rings. The second kappa shape index (κ2) is 7.73. The van der Waals surface area contributed by atoms with Gasteiger partial charge in [-0.2, -0.15) is 5.21 Å². The summed E-state index contributed by atoms with van der Waals surface area (Å²) in [5, 5.41) is 16.2. The number of H-pyrrole nitrogens is 1. The minimum absolute atomic E-state index is 0.143. The third kappa shape index (κ3) is 4.60. The fraction of sp³-hybridized carbons (Fsp3) is 0.500. The van der Waals surface area contributed by atoms with Crippen LogP contribution in [0.4, 0.5) is 4.79 Å². The van der Waals surface area contributed by atoms with Crippen LogP contribution in [0.3, 0.4) is 0 Å². The van der Waals surface area contributed by atoms with Crippen molar-refractivity contribution in [3.63, 3.8) is 0 Å². The standard InChI is InChI=1S/C18H24N6O3/c1-18(2,3)27-17(26)24-13(12-7-5-4-6-8-12)9-10-14(24)16(25)19-11-15-20-22-23-21-15/h4-8,13-14H,9-11H2,1-3H3,(H,19,25)(H,20,21,22,23)/t13-,14+/m1/s1. The third-order valence-electron chi connectivity index (χ3n) is 4.29. The predicted molar refractivity (Wildman–Crippen MR) is 96.3 cm³/mol. The second-order valence-corrected chi connectivity index (χ2v) is 7.45. The summed E-state index contributed by atoms with van der Waals surface area (Å²) in [6.07, 6.45) is 0.744. The van der Waals surface area contributed by atoms with E-state index in [1.807, 2.05) is 51.1 Å². The molecule has 2 heterocycles. The van der Waals surface area contributed by atoms with Gasteiger partial charge in [0.05, 0.1) is 12.6 Å². The Morgan fingerprint density at radius 2 is 2.00 bits per heavy atom. The van der Waals surface area contributed by atoms with E-state index in [9.17, 15) is 9.59 Å². The molecule has 0 aliphatic carbocycles. The van der Waals surface area contributed by atoms with Crippen molar-refractivity contribution in [1.82, 2.24) is 30.8 Å². The number of rotatable bonds is 4. The number of aromatic nitrogens is 4. The molecule has 2 amide bonds. The maximum atomic E-state index is 12.9. The number of aromatic amines is 1. The number of likely N-dealkylation sites (tertiary alicyclic amines) is 1. The molecule has 1 aliphatic heterocycles. The zero-order chi connectivity index (χ0) is 19.4. The number of carbonyl (C=O) groups excluding carboxylic acids is 2. The number of carbonyl (C=O) groups is 2. The molecular formula is C18H24N6O3. The summed E-state index contributed by atoms with van der Waals surface area (Å²) < 4.78 is 5.57. The van der Waals surface area contributed by atoms with E-state index in [1.165, 1.54) is 0 Å². The molecule has 0 unspecified atom stereocenters. The fourth-order valence-electron chi connectivity index (χ4n) is 3.18. The van der Waals surface area contributed by atoms with Gasteiger partial charge in [0, 0.05) is 0 Å². The number of nitrogens with one attached hydrogen (secondary N) is 2. The Kier molecular flexibility index (Phi) is 5.38. The highest BCUT2D eigenvalue weighted by atomic mass is 16.6. The highest BCUT2D eigenvalue weighted by molar-refractivity contribution is 5.86. The van der Waals surface area contributed by atoms with Crippen molar-refractivity contribution >= 4 is 12.0 Å². The lowest BCUT2D eigenvalue weighted by molar-refractivity contribution is -0.126. The van der Waals surface area contributed by atoms with Crippen molar-refractivity contribution in [2.75, 3.05) is 0 Å². The monoisotopic (exact) mass is 372 g/mol. The van der Waals surface area contributed by atoms with Gasteiger partial charge >= 0.3 is 6.09 Å². The van der Waals surface area contributed by atoms with Crippen molar-refractivity contribution in [2.24, 2.45) is 0 Å². The Bertz CT molecular complexity index is 772. The van der Waals surface area contributed by atoms with Crippen molar-refractivity contribution in [3.8, 4) is 0 Å². The molecule has 9 heteroatoms. The largest absolute Gasteiger partial charge is 0.444 e. The first-order chi connectivity index (χ1) is 12.8. The van der Waals surface area contributed by atoms with Gasteiger partial charge in [-0.25, -0.2) is 4.79 Å². The van der Waals surface area contributed by atoms with Crippen molar-refractivity contribution in [2.45, 2.75) is 57.8 Å². The molecule has 2 atom stereocenters. The molecule has 1 aromatic carbocycles. The summed E-state index contributed by atoms with van der Waals surface area (Å²) in [5.74, 6) is 0.119. The van der Waals surface area contributed by atoms with Crippen molar-refractivity contribution in [1.29, 1.82) is 0 Å². The summed E-state index contributed by atoms with van der Waals surface area (Å²) >= 11 is 0. The summed E-state index contributed by atoms with van der Waals surface area (Å²) in [6, 6.07) is 8.87. The summed E-state index contributed by atoms with van der Waals surface area (Å²) in [7, 11) is 0. The zero-order valence-electron chi connectivity index (χ0n) is 15.7. The van der Waals surface area contributed by atoms with Crippen LogP contribution in [0.5, 0.6) is 0 Å². The van der Waals surface area contributed by atoms with Crippen LogP contribution in [-0.2, 0) is 16.1 Å². The molecule has 2 N–H and O–H groups in total. The second-order valence-electron chi connectivity index (χ2n) is 7.45. The highest BCUT2D eigenvalue weighted by Gasteiger charge is 2.43. The first-order valence-corrected chi connectivity index (χ1v) is 8.91. The summed E-state index contributed by atoms with van der Waals surface area (Å²) in [6.45, 7) is 5.57. The van der Waals surface area contributed by atoms with Crippen LogP contribution in [0.1, 0.15) is 51.0 Å². The molecule has 27 heavy (non-hydrogen) atoms. The number of amides is 2. The Morgan fingerprint density at radius 1 is 1.26 bits per heavy atom. The van der Waals surface area contributed by atoms with E-state index in [0.29, 0.717) is 18.7 Å². The first kappa shape index (κ1) is 18.8. The Balaban J connectivity index is 1.78. The molecule has 1 saturated heterocycles. The van der Waals surface area contributed by atoms with Gasteiger partial charge in [0.15, 0.2) is 5.82 Å². The predicted octanol–water partition coefficient (Wildman–Crippen LogP) is 1.96. The maximum absolute atomic E-state index is 12.9. The number of tetrazole rings is 1. The van der Waals surface area contributed by atoms with E-state index in [2.05, 4.69) is 25.9 Å². The molecule has 0 radical (unpaired) electrons. The number of hydrogen-bond donors (Lipinski definition) is 2. The van der Waals surface area contributed by atoms with E-state index in [0.717, 1.165) is 5.56 Å². The Morgan fingerprint density at radius 3 is 2.63 bits per heavy atom. The fourth-order valence-corrected chi connectivity index (χ4v) is 3.18. The van der Waals surface area contributed by atoms with Gasteiger partial charge < -0.3 is 10.1 Å². The van der Waals surface area contributed by atoms with Gasteiger partial charge in [0.2, 0.25) is 5.91 Å². The molecular weight excluding hydrogens is 348 g/mol. The average Bonchev–Trinajstić information content (AvgIpc) is 3.28. The maximum Gasteiger partial charge on any atom is 0.411 e. The Labute approximate surface area is 157 Å². The van der Waals surface area contributed by atoms with Gasteiger partial charge in [0.1, 0.15) is 11.6 Å². The number of nitrogens with zero attached hydrogens (tertiary/aromatic N) is 4. The molecule has 1 aromatic heterocycles. The SMILES string of the molecule is CC(C)(C)OC(=O)N1[C@@H](c2ccccc2)CC[C@H]1C(=O)NCc1nn[nH]n1. The van der Waals surface area contributed by atoms with Crippen LogP contribution < -0.4 is 5.32 Å². The normalized spacial score (nSPS) is 19.7. The van der Waals surface area contributed by atoms with Crippen molar-refractivity contribution < 1.29 is 14.3 Å². The van der Waals surface area contributed by atoms with Crippen LogP contribution in [0.2, 0.25) is 0 Å². The molecule has 0 spiro atoms. The lowest BCUT2D eigenvalue weighted by Gasteiger charge is -2.32. The van der Waals surface area contributed by atoms with E-state index < -0.39 is 17.7 Å². The topological polar surface area (TPSA) is 113 Å². The van der Waals surface area contributed by atoms with Gasteiger partial charge in [-0.1, -0.05) is 35.5 Å². The molecule has 0 saturated carbocycles. The van der Waals surface area contributed by atoms with E-state index >= 15 is 0 Å².